The molecule has 0 amide bonds. The van der Waals surface area contributed by atoms with Gasteiger partial charge in [0.2, 0.25) is 0 Å². The molecule has 0 saturated carbocycles. The van der Waals surface area contributed by atoms with Gasteiger partial charge in [0.25, 0.3) is 0 Å². The standard InChI is InChI=1S/C17H18N6/c1-3-9-19-16-15(18)17(21-10-20-16)23-14-6-4-5-13-12(14)8-7-11(2)22-13/h3-8,10H,1,9,18H2,2H3,(H2,19,20,21,23). The molecule has 3 rings (SSSR count). The summed E-state index contributed by atoms with van der Waals surface area (Å²) in [6.07, 6.45) is 3.21. The lowest BCUT2D eigenvalue weighted by atomic mass is 10.1. The highest BCUT2D eigenvalue weighted by atomic mass is 15.1. The second-order valence-corrected chi connectivity index (χ2v) is 5.10. The van der Waals surface area contributed by atoms with Crippen molar-refractivity contribution in [3.05, 3.63) is 55.0 Å². The molecule has 0 atom stereocenters. The Balaban J connectivity index is 1.98. The number of rotatable bonds is 5. The van der Waals surface area contributed by atoms with Gasteiger partial charge < -0.3 is 16.4 Å². The fourth-order valence-corrected chi connectivity index (χ4v) is 2.30. The zero-order valence-electron chi connectivity index (χ0n) is 12.9. The summed E-state index contributed by atoms with van der Waals surface area (Å²) >= 11 is 0. The number of anilines is 4. The summed E-state index contributed by atoms with van der Waals surface area (Å²) in [5.74, 6) is 1.14. The van der Waals surface area contributed by atoms with Crippen molar-refractivity contribution in [3.8, 4) is 0 Å². The van der Waals surface area contributed by atoms with E-state index in [2.05, 4.69) is 32.2 Å². The number of nitrogens with zero attached hydrogens (tertiary/aromatic N) is 3. The van der Waals surface area contributed by atoms with Gasteiger partial charge in [-0.15, -0.1) is 6.58 Å². The molecule has 0 aliphatic rings. The largest absolute Gasteiger partial charge is 0.393 e. The minimum atomic E-state index is 0.464. The minimum absolute atomic E-state index is 0.464. The summed E-state index contributed by atoms with van der Waals surface area (Å²) in [6.45, 7) is 6.22. The molecule has 6 nitrogen and oxygen atoms in total. The van der Waals surface area contributed by atoms with Gasteiger partial charge in [-0.25, -0.2) is 9.97 Å². The number of fused-ring (bicyclic) bond motifs is 1. The molecular formula is C17H18N6. The highest BCUT2D eigenvalue weighted by Crippen LogP contribution is 2.29. The monoisotopic (exact) mass is 306 g/mol. The Hall–Kier alpha value is -3.15. The molecule has 23 heavy (non-hydrogen) atoms. The van der Waals surface area contributed by atoms with Gasteiger partial charge in [-0.1, -0.05) is 12.1 Å². The molecule has 0 aliphatic carbocycles. The van der Waals surface area contributed by atoms with Crippen LogP contribution in [0.5, 0.6) is 0 Å². The zero-order chi connectivity index (χ0) is 16.2. The van der Waals surface area contributed by atoms with E-state index in [0.717, 1.165) is 22.3 Å². The summed E-state index contributed by atoms with van der Waals surface area (Å²) in [4.78, 5) is 12.9. The van der Waals surface area contributed by atoms with Crippen molar-refractivity contribution in [1.29, 1.82) is 0 Å². The first-order valence-electron chi connectivity index (χ1n) is 7.27. The van der Waals surface area contributed by atoms with Crippen LogP contribution in [0.4, 0.5) is 23.0 Å². The smallest absolute Gasteiger partial charge is 0.159 e. The van der Waals surface area contributed by atoms with E-state index in [1.807, 2.05) is 37.3 Å². The summed E-state index contributed by atoms with van der Waals surface area (Å²) in [5, 5.41) is 7.37. The molecule has 0 unspecified atom stereocenters. The van der Waals surface area contributed by atoms with Crippen LogP contribution in [-0.4, -0.2) is 21.5 Å². The van der Waals surface area contributed by atoms with Crippen LogP contribution in [0.2, 0.25) is 0 Å². The lowest BCUT2D eigenvalue weighted by Crippen LogP contribution is -2.08. The average Bonchev–Trinajstić information content (AvgIpc) is 2.55. The molecule has 0 fully saturated rings. The second kappa shape index (κ2) is 6.31. The Morgan fingerprint density at radius 3 is 2.83 bits per heavy atom. The van der Waals surface area contributed by atoms with Crippen molar-refractivity contribution in [2.75, 3.05) is 22.9 Å². The molecule has 0 bridgehead atoms. The van der Waals surface area contributed by atoms with Gasteiger partial charge in [-0.05, 0) is 31.2 Å². The molecule has 0 saturated heterocycles. The number of hydrogen-bond acceptors (Lipinski definition) is 6. The van der Waals surface area contributed by atoms with E-state index in [-0.39, 0.29) is 0 Å². The van der Waals surface area contributed by atoms with Gasteiger partial charge >= 0.3 is 0 Å². The first kappa shape index (κ1) is 14.8. The number of pyridine rings is 1. The Morgan fingerprint density at radius 1 is 1.17 bits per heavy atom. The molecule has 2 aromatic heterocycles. The molecule has 0 aliphatic heterocycles. The van der Waals surface area contributed by atoms with Crippen molar-refractivity contribution >= 4 is 33.9 Å². The van der Waals surface area contributed by atoms with Crippen LogP contribution in [0.3, 0.4) is 0 Å². The lowest BCUT2D eigenvalue weighted by Gasteiger charge is -2.13. The van der Waals surface area contributed by atoms with E-state index >= 15 is 0 Å². The van der Waals surface area contributed by atoms with Crippen LogP contribution in [0.1, 0.15) is 5.69 Å². The van der Waals surface area contributed by atoms with Crippen LogP contribution >= 0.6 is 0 Å². The maximum absolute atomic E-state index is 6.14. The third-order valence-corrected chi connectivity index (χ3v) is 3.42. The van der Waals surface area contributed by atoms with E-state index in [1.165, 1.54) is 6.33 Å². The number of nitrogen functional groups attached to an aromatic ring is 1. The fraction of sp³-hybridized carbons (Fsp3) is 0.118. The molecular weight excluding hydrogens is 288 g/mol. The number of hydrogen-bond donors (Lipinski definition) is 3. The number of nitrogens with one attached hydrogen (secondary N) is 2. The van der Waals surface area contributed by atoms with E-state index in [9.17, 15) is 0 Å². The summed E-state index contributed by atoms with van der Waals surface area (Å²) in [5.41, 5.74) is 9.41. The SMILES string of the molecule is C=CCNc1ncnc(Nc2cccc3nc(C)ccc23)c1N. The summed E-state index contributed by atoms with van der Waals surface area (Å²) in [6, 6.07) is 9.92. The highest BCUT2D eigenvalue weighted by molar-refractivity contribution is 5.94. The first-order chi connectivity index (χ1) is 11.2. The number of aryl methyl sites for hydroxylation is 1. The number of nitrogens with two attached hydrogens (primary N) is 1. The van der Waals surface area contributed by atoms with Gasteiger partial charge in [0.15, 0.2) is 11.6 Å². The molecule has 116 valence electrons. The van der Waals surface area contributed by atoms with Crippen molar-refractivity contribution in [3.63, 3.8) is 0 Å². The summed E-state index contributed by atoms with van der Waals surface area (Å²) < 4.78 is 0. The van der Waals surface area contributed by atoms with Crippen molar-refractivity contribution in [1.82, 2.24) is 15.0 Å². The Labute approximate surface area is 134 Å². The predicted octanol–water partition coefficient (Wildman–Crippen LogP) is 3.26. The van der Waals surface area contributed by atoms with Gasteiger partial charge in [0, 0.05) is 23.3 Å². The molecule has 6 heteroatoms. The van der Waals surface area contributed by atoms with E-state index in [1.54, 1.807) is 6.08 Å². The maximum Gasteiger partial charge on any atom is 0.159 e. The average molecular weight is 306 g/mol. The van der Waals surface area contributed by atoms with Crippen LogP contribution in [0.15, 0.2) is 49.3 Å². The van der Waals surface area contributed by atoms with Crippen molar-refractivity contribution in [2.24, 2.45) is 0 Å². The minimum Gasteiger partial charge on any atom is -0.393 e. The van der Waals surface area contributed by atoms with E-state index < -0.39 is 0 Å². The normalized spacial score (nSPS) is 10.5. The number of benzene rings is 1. The molecule has 3 aromatic rings. The van der Waals surface area contributed by atoms with Crippen molar-refractivity contribution in [2.45, 2.75) is 6.92 Å². The van der Waals surface area contributed by atoms with Gasteiger partial charge in [0.05, 0.1) is 5.52 Å². The predicted molar refractivity (Wildman–Crippen MR) is 94.9 cm³/mol. The van der Waals surface area contributed by atoms with Gasteiger partial charge in [0.1, 0.15) is 12.0 Å². The quantitative estimate of drug-likeness (QED) is 0.627. The third kappa shape index (κ3) is 3.06. The topological polar surface area (TPSA) is 88.8 Å². The molecule has 4 N–H and O–H groups in total. The van der Waals surface area contributed by atoms with Crippen molar-refractivity contribution < 1.29 is 0 Å². The molecule has 1 aromatic carbocycles. The molecule has 0 spiro atoms. The van der Waals surface area contributed by atoms with E-state index in [0.29, 0.717) is 23.9 Å². The van der Waals surface area contributed by atoms with Crippen LogP contribution < -0.4 is 16.4 Å². The van der Waals surface area contributed by atoms with Crippen LogP contribution in [-0.2, 0) is 0 Å². The van der Waals surface area contributed by atoms with E-state index in [4.69, 9.17) is 5.73 Å². The highest BCUT2D eigenvalue weighted by Gasteiger charge is 2.09. The maximum atomic E-state index is 6.14. The lowest BCUT2D eigenvalue weighted by molar-refractivity contribution is 1.15. The Bertz CT molecular complexity index is 859. The fourth-order valence-electron chi connectivity index (χ4n) is 2.30. The number of aromatic nitrogens is 3. The molecule has 0 radical (unpaired) electrons. The third-order valence-electron chi connectivity index (χ3n) is 3.42. The zero-order valence-corrected chi connectivity index (χ0v) is 12.9. The Morgan fingerprint density at radius 2 is 2.00 bits per heavy atom. The summed E-state index contributed by atoms with van der Waals surface area (Å²) in [7, 11) is 0. The van der Waals surface area contributed by atoms with Crippen LogP contribution in [0, 0.1) is 6.92 Å². The Kier molecular flexibility index (Phi) is 4.05. The van der Waals surface area contributed by atoms with Gasteiger partial charge in [-0.2, -0.15) is 0 Å². The second-order valence-electron chi connectivity index (χ2n) is 5.10. The van der Waals surface area contributed by atoms with Gasteiger partial charge in [-0.3, -0.25) is 4.98 Å². The molecule has 2 heterocycles. The first-order valence-corrected chi connectivity index (χ1v) is 7.27. The van der Waals surface area contributed by atoms with Crippen LogP contribution in [0.25, 0.3) is 10.9 Å².